The standard InChI is InChI=1S/C25H31N3O4/c1-2-32-24(30)13-12-23(29)27-20-10-11-22(28-16-6-7-17-28)21(18-20)25(31)26-15-14-19-8-4-3-5-9-19/h3-5,8-11,18H,2,6-7,12-17H2,1H3,(H,26,31)(H,27,29). The van der Waals surface area contributed by atoms with Crippen LogP contribution < -0.4 is 15.5 Å². The van der Waals surface area contributed by atoms with Crippen molar-refractivity contribution in [1.82, 2.24) is 5.32 Å². The first-order valence-corrected chi connectivity index (χ1v) is 11.2. The number of hydrogen-bond acceptors (Lipinski definition) is 5. The van der Waals surface area contributed by atoms with Crippen LogP contribution in [0.25, 0.3) is 0 Å². The van der Waals surface area contributed by atoms with Gasteiger partial charge in [-0.3, -0.25) is 14.4 Å². The van der Waals surface area contributed by atoms with Crippen LogP contribution in [0.2, 0.25) is 0 Å². The van der Waals surface area contributed by atoms with Crippen molar-refractivity contribution in [3.63, 3.8) is 0 Å². The first-order valence-electron chi connectivity index (χ1n) is 11.2. The zero-order chi connectivity index (χ0) is 22.8. The van der Waals surface area contributed by atoms with Gasteiger partial charge in [-0.2, -0.15) is 0 Å². The van der Waals surface area contributed by atoms with Crippen LogP contribution >= 0.6 is 0 Å². The van der Waals surface area contributed by atoms with Crippen LogP contribution in [0.5, 0.6) is 0 Å². The molecule has 0 radical (unpaired) electrons. The van der Waals surface area contributed by atoms with Gasteiger partial charge in [-0.1, -0.05) is 30.3 Å². The number of ether oxygens (including phenoxy) is 1. The Kier molecular flexibility index (Phi) is 8.66. The molecule has 1 saturated heterocycles. The van der Waals surface area contributed by atoms with Crippen LogP contribution in [0.4, 0.5) is 11.4 Å². The molecule has 0 aliphatic carbocycles. The van der Waals surface area contributed by atoms with Crippen molar-refractivity contribution in [3.05, 3.63) is 59.7 Å². The molecular weight excluding hydrogens is 406 g/mol. The largest absolute Gasteiger partial charge is 0.466 e. The Bertz CT molecular complexity index is 924. The van der Waals surface area contributed by atoms with Crippen LogP contribution in [0, 0.1) is 0 Å². The van der Waals surface area contributed by atoms with Crippen molar-refractivity contribution in [2.45, 2.75) is 39.0 Å². The molecule has 0 atom stereocenters. The first kappa shape index (κ1) is 23.3. The van der Waals surface area contributed by atoms with E-state index < -0.39 is 5.97 Å². The third-order valence-electron chi connectivity index (χ3n) is 5.38. The van der Waals surface area contributed by atoms with Crippen LogP contribution in [0.15, 0.2) is 48.5 Å². The van der Waals surface area contributed by atoms with E-state index in [0.717, 1.165) is 43.6 Å². The van der Waals surface area contributed by atoms with Gasteiger partial charge in [0, 0.05) is 37.4 Å². The Hall–Kier alpha value is -3.35. The van der Waals surface area contributed by atoms with Gasteiger partial charge in [0.15, 0.2) is 0 Å². The van der Waals surface area contributed by atoms with E-state index in [1.54, 1.807) is 19.1 Å². The number of benzene rings is 2. The highest BCUT2D eigenvalue weighted by Crippen LogP contribution is 2.27. The van der Waals surface area contributed by atoms with Gasteiger partial charge in [-0.25, -0.2) is 0 Å². The lowest BCUT2D eigenvalue weighted by Crippen LogP contribution is -2.29. The fourth-order valence-corrected chi connectivity index (χ4v) is 3.76. The maximum absolute atomic E-state index is 13.0. The summed E-state index contributed by atoms with van der Waals surface area (Å²) in [4.78, 5) is 39.0. The second kappa shape index (κ2) is 11.9. The Morgan fingerprint density at radius 1 is 1.00 bits per heavy atom. The molecule has 2 N–H and O–H groups in total. The quantitative estimate of drug-likeness (QED) is 0.555. The third-order valence-corrected chi connectivity index (χ3v) is 5.38. The Morgan fingerprint density at radius 3 is 2.47 bits per heavy atom. The highest BCUT2D eigenvalue weighted by atomic mass is 16.5. The van der Waals surface area contributed by atoms with Gasteiger partial charge in [-0.05, 0) is 49.9 Å². The molecule has 7 nitrogen and oxygen atoms in total. The number of rotatable bonds is 10. The molecule has 32 heavy (non-hydrogen) atoms. The summed E-state index contributed by atoms with van der Waals surface area (Å²) in [7, 11) is 0. The number of anilines is 2. The molecule has 0 unspecified atom stereocenters. The fourth-order valence-electron chi connectivity index (χ4n) is 3.76. The molecule has 1 aliphatic heterocycles. The molecule has 1 fully saturated rings. The molecule has 3 rings (SSSR count). The topological polar surface area (TPSA) is 87.7 Å². The van der Waals surface area contributed by atoms with E-state index in [-0.39, 0.29) is 24.7 Å². The van der Waals surface area contributed by atoms with Crippen LogP contribution in [0.1, 0.15) is 48.5 Å². The third kappa shape index (κ3) is 6.83. The van der Waals surface area contributed by atoms with Crippen molar-refractivity contribution < 1.29 is 19.1 Å². The zero-order valence-electron chi connectivity index (χ0n) is 18.6. The molecule has 0 aromatic heterocycles. The second-order valence-corrected chi connectivity index (χ2v) is 7.77. The summed E-state index contributed by atoms with van der Waals surface area (Å²) >= 11 is 0. The van der Waals surface area contributed by atoms with E-state index in [9.17, 15) is 14.4 Å². The van der Waals surface area contributed by atoms with Gasteiger partial charge >= 0.3 is 5.97 Å². The number of carbonyl (C=O) groups excluding carboxylic acids is 3. The molecule has 170 valence electrons. The number of hydrogen-bond donors (Lipinski definition) is 2. The Morgan fingerprint density at radius 2 is 1.75 bits per heavy atom. The van der Waals surface area contributed by atoms with E-state index in [4.69, 9.17) is 4.74 Å². The lowest BCUT2D eigenvalue weighted by atomic mass is 10.1. The Balaban J connectivity index is 1.66. The van der Waals surface area contributed by atoms with Crippen LogP contribution in [-0.4, -0.2) is 44.0 Å². The summed E-state index contributed by atoms with van der Waals surface area (Å²) in [5.74, 6) is -0.849. The normalized spacial score (nSPS) is 13.0. The van der Waals surface area contributed by atoms with Crippen LogP contribution in [-0.2, 0) is 20.7 Å². The number of esters is 1. The molecule has 2 aromatic carbocycles. The van der Waals surface area contributed by atoms with Gasteiger partial charge < -0.3 is 20.3 Å². The maximum Gasteiger partial charge on any atom is 0.306 e. The van der Waals surface area contributed by atoms with E-state index in [1.807, 2.05) is 36.4 Å². The summed E-state index contributed by atoms with van der Waals surface area (Å²) in [5, 5.41) is 5.80. The number of carbonyl (C=O) groups is 3. The minimum atomic E-state index is -0.398. The molecule has 0 saturated carbocycles. The lowest BCUT2D eigenvalue weighted by Gasteiger charge is -2.22. The predicted octanol–water partition coefficient (Wildman–Crippen LogP) is 3.54. The van der Waals surface area contributed by atoms with Gasteiger partial charge in [0.1, 0.15) is 0 Å². The van der Waals surface area contributed by atoms with Gasteiger partial charge in [0.2, 0.25) is 5.91 Å². The highest BCUT2D eigenvalue weighted by Gasteiger charge is 2.20. The van der Waals surface area contributed by atoms with E-state index in [2.05, 4.69) is 15.5 Å². The van der Waals surface area contributed by atoms with Crippen molar-refractivity contribution >= 4 is 29.2 Å². The van der Waals surface area contributed by atoms with Gasteiger partial charge in [-0.15, -0.1) is 0 Å². The lowest BCUT2D eigenvalue weighted by molar-refractivity contribution is -0.144. The van der Waals surface area contributed by atoms with Crippen molar-refractivity contribution in [2.75, 3.05) is 36.5 Å². The monoisotopic (exact) mass is 437 g/mol. The molecule has 0 bridgehead atoms. The maximum atomic E-state index is 13.0. The molecule has 1 heterocycles. The summed E-state index contributed by atoms with van der Waals surface area (Å²) in [6.45, 7) is 4.37. The molecule has 2 aromatic rings. The van der Waals surface area contributed by atoms with Crippen molar-refractivity contribution in [3.8, 4) is 0 Å². The highest BCUT2D eigenvalue weighted by molar-refractivity contribution is 6.02. The van der Waals surface area contributed by atoms with Crippen LogP contribution in [0.3, 0.4) is 0 Å². The average Bonchev–Trinajstić information content (AvgIpc) is 3.33. The number of amides is 2. The van der Waals surface area contributed by atoms with Crippen molar-refractivity contribution in [1.29, 1.82) is 0 Å². The zero-order valence-corrected chi connectivity index (χ0v) is 18.6. The summed E-state index contributed by atoms with van der Waals surface area (Å²) < 4.78 is 4.86. The Labute approximate surface area is 189 Å². The smallest absolute Gasteiger partial charge is 0.306 e. The predicted molar refractivity (Wildman–Crippen MR) is 125 cm³/mol. The molecule has 0 spiro atoms. The second-order valence-electron chi connectivity index (χ2n) is 7.77. The van der Waals surface area contributed by atoms with Crippen molar-refractivity contribution in [2.24, 2.45) is 0 Å². The van der Waals surface area contributed by atoms with Gasteiger partial charge in [0.05, 0.1) is 18.6 Å². The summed E-state index contributed by atoms with van der Waals surface area (Å²) in [5.41, 5.74) is 3.12. The number of nitrogens with zero attached hydrogens (tertiary/aromatic N) is 1. The number of nitrogens with one attached hydrogen (secondary N) is 2. The summed E-state index contributed by atoms with van der Waals surface area (Å²) in [6.07, 6.45) is 3.00. The average molecular weight is 438 g/mol. The van der Waals surface area contributed by atoms with E-state index in [0.29, 0.717) is 24.4 Å². The first-order chi connectivity index (χ1) is 15.6. The summed E-state index contributed by atoms with van der Waals surface area (Å²) in [6, 6.07) is 15.4. The molecular formula is C25H31N3O4. The minimum absolute atomic E-state index is 0.0262. The molecule has 7 heteroatoms. The SMILES string of the molecule is CCOC(=O)CCC(=O)Nc1ccc(N2CCCC2)c(C(=O)NCCc2ccccc2)c1. The van der Waals surface area contributed by atoms with Gasteiger partial charge in [0.25, 0.3) is 5.91 Å². The molecule has 2 amide bonds. The fraction of sp³-hybridized carbons (Fsp3) is 0.400. The minimum Gasteiger partial charge on any atom is -0.466 e. The van der Waals surface area contributed by atoms with E-state index >= 15 is 0 Å². The molecule has 1 aliphatic rings. The van der Waals surface area contributed by atoms with E-state index in [1.165, 1.54) is 0 Å².